The van der Waals surface area contributed by atoms with E-state index >= 15 is 0 Å². The summed E-state index contributed by atoms with van der Waals surface area (Å²) in [6, 6.07) is 1.86. The van der Waals surface area contributed by atoms with Crippen LogP contribution in [0.3, 0.4) is 0 Å². The first-order valence-electron chi connectivity index (χ1n) is 5.06. The quantitative estimate of drug-likeness (QED) is 0.630. The molecule has 0 fully saturated rings. The highest BCUT2D eigenvalue weighted by atomic mass is 79.9. The zero-order chi connectivity index (χ0) is 12.5. The molecular formula is C11H7Br2N3OS. The van der Waals surface area contributed by atoms with Gasteiger partial charge in [-0.25, -0.2) is 0 Å². The lowest BCUT2D eigenvalue weighted by atomic mass is 10.4. The highest BCUT2D eigenvalue weighted by Gasteiger charge is 2.14. The van der Waals surface area contributed by atoms with Gasteiger partial charge in [0.15, 0.2) is 4.96 Å². The van der Waals surface area contributed by atoms with Crippen LogP contribution in [-0.2, 0) is 5.33 Å². The molecule has 4 nitrogen and oxygen atoms in total. The predicted octanol–water partition coefficient (Wildman–Crippen LogP) is 4.24. The van der Waals surface area contributed by atoms with Gasteiger partial charge in [0, 0.05) is 27.6 Å². The summed E-state index contributed by atoms with van der Waals surface area (Å²) >= 11 is 8.40. The number of halogens is 2. The Labute approximate surface area is 124 Å². The third kappa shape index (κ3) is 2.17. The number of hydrogen-bond acceptors (Lipinski definition) is 4. The van der Waals surface area contributed by atoms with Crippen molar-refractivity contribution in [3.63, 3.8) is 0 Å². The van der Waals surface area contributed by atoms with E-state index in [0.29, 0.717) is 17.0 Å². The van der Waals surface area contributed by atoms with Gasteiger partial charge >= 0.3 is 0 Å². The number of rotatable bonds is 3. The second-order valence-corrected chi connectivity index (χ2v) is 5.84. The summed E-state index contributed by atoms with van der Waals surface area (Å²) in [5.74, 6) is 1.27. The first-order chi connectivity index (χ1) is 8.78. The van der Waals surface area contributed by atoms with Gasteiger partial charge < -0.3 is 4.74 Å². The van der Waals surface area contributed by atoms with E-state index in [-0.39, 0.29) is 0 Å². The Hall–Kier alpha value is -0.920. The Kier molecular flexibility index (Phi) is 3.36. The van der Waals surface area contributed by atoms with E-state index in [1.54, 1.807) is 23.7 Å². The van der Waals surface area contributed by atoms with E-state index in [1.807, 2.05) is 22.0 Å². The highest BCUT2D eigenvalue weighted by molar-refractivity contribution is 9.10. The average Bonchev–Trinajstić information content (AvgIpc) is 2.89. The van der Waals surface area contributed by atoms with Crippen molar-refractivity contribution in [1.29, 1.82) is 0 Å². The third-order valence-electron chi connectivity index (χ3n) is 2.35. The summed E-state index contributed by atoms with van der Waals surface area (Å²) in [5, 5.41) is 2.68. The fraction of sp³-hybridized carbons (Fsp3) is 0.0909. The Morgan fingerprint density at radius 1 is 1.39 bits per heavy atom. The molecule has 0 aliphatic heterocycles. The zero-order valence-corrected chi connectivity index (χ0v) is 13.0. The summed E-state index contributed by atoms with van der Waals surface area (Å²) in [7, 11) is 0. The number of pyridine rings is 1. The van der Waals surface area contributed by atoms with Gasteiger partial charge in [-0.15, -0.1) is 11.3 Å². The van der Waals surface area contributed by atoms with Crippen molar-refractivity contribution >= 4 is 48.2 Å². The van der Waals surface area contributed by atoms with E-state index in [2.05, 4.69) is 41.8 Å². The number of ether oxygens (including phenoxy) is 1. The van der Waals surface area contributed by atoms with E-state index in [1.165, 1.54) is 0 Å². The largest absolute Gasteiger partial charge is 0.436 e. The summed E-state index contributed by atoms with van der Waals surface area (Å²) in [4.78, 5) is 9.44. The molecule has 3 heterocycles. The molecule has 0 atom stereocenters. The van der Waals surface area contributed by atoms with Crippen LogP contribution in [0.25, 0.3) is 4.96 Å². The lowest BCUT2D eigenvalue weighted by Gasteiger charge is -2.03. The Bertz CT molecular complexity index is 694. The van der Waals surface area contributed by atoms with Crippen LogP contribution in [0.4, 0.5) is 0 Å². The van der Waals surface area contributed by atoms with Crippen molar-refractivity contribution in [3.05, 3.63) is 40.2 Å². The molecule has 0 aliphatic rings. The smallest absolute Gasteiger partial charge is 0.243 e. The van der Waals surface area contributed by atoms with Gasteiger partial charge in [0.25, 0.3) is 0 Å². The molecule has 3 aromatic rings. The molecule has 18 heavy (non-hydrogen) atoms. The van der Waals surface area contributed by atoms with Crippen molar-refractivity contribution in [2.24, 2.45) is 0 Å². The summed E-state index contributed by atoms with van der Waals surface area (Å²) in [6.45, 7) is 0. The maximum atomic E-state index is 5.78. The van der Waals surface area contributed by atoms with Gasteiger partial charge in [-0.3, -0.25) is 9.38 Å². The number of hydrogen-bond donors (Lipinski definition) is 0. The summed E-state index contributed by atoms with van der Waals surface area (Å²) in [6.07, 6.45) is 5.36. The monoisotopic (exact) mass is 387 g/mol. The van der Waals surface area contributed by atoms with Crippen LogP contribution in [-0.4, -0.2) is 14.4 Å². The minimum atomic E-state index is 0.610. The summed E-state index contributed by atoms with van der Waals surface area (Å²) < 4.78 is 8.67. The first kappa shape index (κ1) is 12.1. The molecular weight excluding hydrogens is 382 g/mol. The molecule has 0 saturated carbocycles. The molecule has 0 radical (unpaired) electrons. The van der Waals surface area contributed by atoms with Crippen LogP contribution in [0.15, 0.2) is 34.5 Å². The molecule has 7 heteroatoms. The molecule has 3 rings (SSSR count). The van der Waals surface area contributed by atoms with Gasteiger partial charge in [0.2, 0.25) is 5.88 Å². The Balaban J connectivity index is 2.01. The van der Waals surface area contributed by atoms with Gasteiger partial charge in [0.1, 0.15) is 5.75 Å². The summed E-state index contributed by atoms with van der Waals surface area (Å²) in [5.41, 5.74) is 0.992. The van der Waals surface area contributed by atoms with E-state index < -0.39 is 0 Å². The van der Waals surface area contributed by atoms with Crippen LogP contribution in [0, 0.1) is 0 Å². The molecule has 92 valence electrons. The van der Waals surface area contributed by atoms with E-state index in [4.69, 9.17) is 4.74 Å². The molecule has 3 aromatic heterocycles. The predicted molar refractivity (Wildman–Crippen MR) is 77.7 cm³/mol. The molecule has 0 spiro atoms. The zero-order valence-electron chi connectivity index (χ0n) is 9.01. The maximum Gasteiger partial charge on any atom is 0.243 e. The topological polar surface area (TPSA) is 39.4 Å². The first-order valence-corrected chi connectivity index (χ1v) is 7.86. The standard InChI is InChI=1S/C11H7Br2N3OS/c12-4-9-10(15-11-16(9)1-2-18-11)17-8-3-7(13)5-14-6-8/h1-3,5-6H,4H2. The number of aromatic nitrogens is 3. The van der Waals surface area contributed by atoms with Crippen molar-refractivity contribution in [2.45, 2.75) is 5.33 Å². The highest BCUT2D eigenvalue weighted by Crippen LogP contribution is 2.29. The molecule has 0 bridgehead atoms. The van der Waals surface area contributed by atoms with Crippen LogP contribution in [0.1, 0.15) is 5.69 Å². The van der Waals surface area contributed by atoms with Crippen LogP contribution < -0.4 is 4.74 Å². The number of fused-ring (bicyclic) bond motifs is 1. The minimum Gasteiger partial charge on any atom is -0.436 e. The van der Waals surface area contributed by atoms with Crippen molar-refractivity contribution in [1.82, 2.24) is 14.4 Å². The average molecular weight is 389 g/mol. The van der Waals surface area contributed by atoms with Crippen molar-refractivity contribution < 1.29 is 4.74 Å². The number of thiazole rings is 1. The molecule has 0 N–H and O–H groups in total. The van der Waals surface area contributed by atoms with Crippen LogP contribution in [0.2, 0.25) is 0 Å². The van der Waals surface area contributed by atoms with Gasteiger partial charge in [-0.2, -0.15) is 4.98 Å². The van der Waals surface area contributed by atoms with Gasteiger partial charge in [0.05, 0.1) is 11.9 Å². The van der Waals surface area contributed by atoms with Gasteiger partial charge in [-0.05, 0) is 22.0 Å². The van der Waals surface area contributed by atoms with Crippen LogP contribution >= 0.6 is 43.2 Å². The maximum absolute atomic E-state index is 5.78. The third-order valence-corrected chi connectivity index (χ3v) is 4.07. The van der Waals surface area contributed by atoms with Gasteiger partial charge in [-0.1, -0.05) is 15.9 Å². The number of imidazole rings is 1. The molecule has 0 aliphatic carbocycles. The molecule has 0 aromatic carbocycles. The number of alkyl halides is 1. The van der Waals surface area contributed by atoms with Crippen LogP contribution in [0.5, 0.6) is 11.6 Å². The Morgan fingerprint density at radius 3 is 3.06 bits per heavy atom. The second-order valence-electron chi connectivity index (χ2n) is 3.49. The normalized spacial score (nSPS) is 11.0. The Morgan fingerprint density at radius 2 is 2.28 bits per heavy atom. The van der Waals surface area contributed by atoms with Crippen molar-refractivity contribution in [3.8, 4) is 11.6 Å². The minimum absolute atomic E-state index is 0.610. The fourth-order valence-electron chi connectivity index (χ4n) is 1.58. The van der Waals surface area contributed by atoms with Crippen molar-refractivity contribution in [2.75, 3.05) is 0 Å². The SMILES string of the molecule is BrCc1c(Oc2cncc(Br)c2)nc2sccn12. The fourth-order valence-corrected chi connectivity index (χ4v) is 3.15. The van der Waals surface area contributed by atoms with E-state index in [0.717, 1.165) is 15.1 Å². The van der Waals surface area contributed by atoms with E-state index in [9.17, 15) is 0 Å². The number of nitrogens with zero attached hydrogens (tertiary/aromatic N) is 3. The molecule has 0 unspecified atom stereocenters. The second kappa shape index (κ2) is 4.99. The molecule has 0 amide bonds. The molecule has 0 saturated heterocycles. The lowest BCUT2D eigenvalue weighted by molar-refractivity contribution is 0.459. The lowest BCUT2D eigenvalue weighted by Crippen LogP contribution is -1.91.